The minimum Gasteiger partial charge on any atom is -0.394 e. The highest BCUT2D eigenvalue weighted by molar-refractivity contribution is 6.33. The van der Waals surface area contributed by atoms with Crippen molar-refractivity contribution < 1.29 is 14.7 Å². The van der Waals surface area contributed by atoms with Gasteiger partial charge in [0.05, 0.1) is 46.6 Å². The fraction of sp³-hybridized carbons (Fsp3) is 0.300. The van der Waals surface area contributed by atoms with Crippen LogP contribution < -0.4 is 10.6 Å². The molecular weight excluding hydrogens is 542 g/mol. The summed E-state index contributed by atoms with van der Waals surface area (Å²) in [6.45, 7) is 7.53. The van der Waals surface area contributed by atoms with Crippen molar-refractivity contribution in [3.63, 3.8) is 0 Å². The molecule has 2 unspecified atom stereocenters. The van der Waals surface area contributed by atoms with Crippen LogP contribution in [0.25, 0.3) is 11.3 Å². The van der Waals surface area contributed by atoms with Gasteiger partial charge in [-0.2, -0.15) is 5.10 Å². The van der Waals surface area contributed by atoms with E-state index < -0.39 is 12.1 Å². The minimum absolute atomic E-state index is 0.254. The number of amides is 2. The first-order chi connectivity index (χ1) is 19.6. The molecule has 0 aliphatic carbocycles. The lowest BCUT2D eigenvalue weighted by atomic mass is 10.0. The van der Waals surface area contributed by atoms with Gasteiger partial charge in [0.2, 0.25) is 11.9 Å². The van der Waals surface area contributed by atoms with Gasteiger partial charge in [-0.1, -0.05) is 53.6 Å². The molecule has 212 valence electrons. The van der Waals surface area contributed by atoms with Crippen LogP contribution in [0.1, 0.15) is 51.4 Å². The summed E-state index contributed by atoms with van der Waals surface area (Å²) < 4.78 is 1.78. The van der Waals surface area contributed by atoms with E-state index in [2.05, 4.69) is 25.7 Å². The molecule has 3 N–H and O–H groups in total. The van der Waals surface area contributed by atoms with E-state index >= 15 is 0 Å². The second-order valence-electron chi connectivity index (χ2n) is 10.3. The average molecular weight is 574 g/mol. The average Bonchev–Trinajstić information content (AvgIpc) is 3.41. The number of rotatable bonds is 8. The zero-order chi connectivity index (χ0) is 29.4. The van der Waals surface area contributed by atoms with Crippen LogP contribution in [0.2, 0.25) is 5.02 Å². The molecule has 2 amide bonds. The van der Waals surface area contributed by atoms with E-state index in [-0.39, 0.29) is 18.4 Å². The van der Waals surface area contributed by atoms with Crippen molar-refractivity contribution in [3.05, 3.63) is 87.3 Å². The van der Waals surface area contributed by atoms with E-state index in [1.807, 2.05) is 64.2 Å². The maximum Gasteiger partial charge on any atom is 0.255 e. The molecule has 10 nitrogen and oxygen atoms in total. The number of nitrogens with zero attached hydrogens (tertiary/aromatic N) is 5. The van der Waals surface area contributed by atoms with Gasteiger partial charge >= 0.3 is 0 Å². The van der Waals surface area contributed by atoms with Crippen molar-refractivity contribution in [2.24, 2.45) is 7.05 Å². The number of aliphatic hydroxyl groups excluding tert-OH is 1. The van der Waals surface area contributed by atoms with Crippen LogP contribution in [-0.4, -0.2) is 54.2 Å². The molecule has 2 aromatic carbocycles. The van der Waals surface area contributed by atoms with Crippen molar-refractivity contribution in [2.75, 3.05) is 11.9 Å². The van der Waals surface area contributed by atoms with Gasteiger partial charge in [0.15, 0.2) is 0 Å². The van der Waals surface area contributed by atoms with Crippen molar-refractivity contribution in [2.45, 2.75) is 46.3 Å². The van der Waals surface area contributed by atoms with E-state index in [0.717, 1.165) is 33.8 Å². The van der Waals surface area contributed by atoms with E-state index in [0.29, 0.717) is 34.3 Å². The highest BCUT2D eigenvalue weighted by atomic mass is 35.5. The maximum atomic E-state index is 13.5. The number of fused-ring (bicyclic) bond motifs is 1. The summed E-state index contributed by atoms with van der Waals surface area (Å²) in [4.78, 5) is 37.1. The first-order valence-electron chi connectivity index (χ1n) is 13.3. The number of halogens is 1. The predicted molar refractivity (Wildman–Crippen MR) is 157 cm³/mol. The number of hydrogen-bond acceptors (Lipinski definition) is 7. The Hall–Kier alpha value is -4.28. The molecule has 1 aliphatic heterocycles. The Balaban J connectivity index is 1.35. The first-order valence-corrected chi connectivity index (χ1v) is 13.7. The molecule has 0 fully saturated rings. The predicted octanol–water partition coefficient (Wildman–Crippen LogP) is 4.39. The van der Waals surface area contributed by atoms with Crippen LogP contribution >= 0.6 is 11.6 Å². The Labute approximate surface area is 243 Å². The zero-order valence-electron chi connectivity index (χ0n) is 23.6. The summed E-state index contributed by atoms with van der Waals surface area (Å²) in [6.07, 6.45) is 1.52. The highest BCUT2D eigenvalue weighted by Gasteiger charge is 2.35. The first kappa shape index (κ1) is 28.3. The van der Waals surface area contributed by atoms with Gasteiger partial charge in [-0.05, 0) is 44.9 Å². The normalized spacial score (nSPS) is 14.1. The quantitative estimate of drug-likeness (QED) is 0.285. The van der Waals surface area contributed by atoms with Gasteiger partial charge in [-0.25, -0.2) is 9.97 Å². The molecular formula is C30H32ClN7O3. The molecule has 0 saturated heterocycles. The molecule has 3 heterocycles. The van der Waals surface area contributed by atoms with Gasteiger partial charge in [0, 0.05) is 24.7 Å². The number of anilines is 2. The fourth-order valence-electron chi connectivity index (χ4n) is 5.03. The van der Waals surface area contributed by atoms with Crippen molar-refractivity contribution in [1.82, 2.24) is 30.0 Å². The lowest BCUT2D eigenvalue weighted by Gasteiger charge is -2.26. The number of nitrogens with one attached hydrogen (secondary N) is 2. The Bertz CT molecular complexity index is 1650. The van der Waals surface area contributed by atoms with Crippen molar-refractivity contribution in [1.29, 1.82) is 0 Å². The minimum atomic E-state index is -0.749. The summed E-state index contributed by atoms with van der Waals surface area (Å²) in [7, 11) is 1.87. The highest BCUT2D eigenvalue weighted by Crippen LogP contribution is 2.33. The molecule has 0 bridgehead atoms. The second kappa shape index (κ2) is 11.3. The molecule has 0 saturated carbocycles. The largest absolute Gasteiger partial charge is 0.394 e. The number of aliphatic hydroxyl groups is 1. The van der Waals surface area contributed by atoms with Crippen LogP contribution in [0.15, 0.2) is 48.7 Å². The lowest BCUT2D eigenvalue weighted by Crippen LogP contribution is -2.46. The van der Waals surface area contributed by atoms with E-state index in [1.165, 1.54) is 11.1 Å². The van der Waals surface area contributed by atoms with Crippen LogP contribution in [0.5, 0.6) is 0 Å². The van der Waals surface area contributed by atoms with E-state index in [1.54, 1.807) is 17.7 Å². The molecule has 4 aromatic rings. The standard InChI is InChI=1S/C30H32ClN7O3/c1-16-7-6-8-20(11-16)25(15-39)33-28(40)19(4)38-14-22-10-9-21(12-23(22)29(38)41)27-24(31)13-32-30(35-27)34-26-17(2)36-37(5)18(26)3/h6-13,19,25,39H,14-15H2,1-5H3,(H,33,40)(H,32,34,35). The third-order valence-corrected chi connectivity index (χ3v) is 7.77. The van der Waals surface area contributed by atoms with Crippen LogP contribution in [0.4, 0.5) is 11.6 Å². The summed E-state index contributed by atoms with van der Waals surface area (Å²) >= 11 is 6.49. The van der Waals surface area contributed by atoms with E-state index in [4.69, 9.17) is 11.6 Å². The zero-order valence-corrected chi connectivity index (χ0v) is 24.3. The molecule has 5 rings (SSSR count). The topological polar surface area (TPSA) is 125 Å². The van der Waals surface area contributed by atoms with Crippen molar-refractivity contribution >= 4 is 35.1 Å². The number of aromatic nitrogens is 4. The molecule has 2 aromatic heterocycles. The molecule has 1 aliphatic rings. The third-order valence-electron chi connectivity index (χ3n) is 7.50. The monoisotopic (exact) mass is 573 g/mol. The molecule has 2 atom stereocenters. The number of hydrogen-bond donors (Lipinski definition) is 3. The van der Waals surface area contributed by atoms with Gasteiger partial charge in [0.25, 0.3) is 5.91 Å². The van der Waals surface area contributed by atoms with Gasteiger partial charge < -0.3 is 20.6 Å². The summed E-state index contributed by atoms with van der Waals surface area (Å²) in [5.41, 5.74) is 6.83. The second-order valence-corrected chi connectivity index (χ2v) is 10.7. The molecule has 0 radical (unpaired) electrons. The molecule has 0 spiro atoms. The van der Waals surface area contributed by atoms with Gasteiger partial charge in [-0.3, -0.25) is 14.3 Å². The number of carbonyl (C=O) groups excluding carboxylic acids is 2. The van der Waals surface area contributed by atoms with Crippen LogP contribution in [0, 0.1) is 20.8 Å². The van der Waals surface area contributed by atoms with Gasteiger partial charge in [-0.15, -0.1) is 0 Å². The Kier molecular flexibility index (Phi) is 7.79. The SMILES string of the molecule is Cc1cccc(C(CO)NC(=O)C(C)N2Cc3ccc(-c4nc(Nc5c(C)nn(C)c5C)ncc4Cl)cc3C2=O)c1. The number of benzene rings is 2. The Morgan fingerprint density at radius 1 is 1.17 bits per heavy atom. The van der Waals surface area contributed by atoms with Crippen LogP contribution in [0.3, 0.4) is 0 Å². The number of carbonyl (C=O) groups is 2. The third kappa shape index (κ3) is 5.53. The summed E-state index contributed by atoms with van der Waals surface area (Å²) in [5.74, 6) is -0.248. The van der Waals surface area contributed by atoms with Gasteiger partial charge in [0.1, 0.15) is 6.04 Å². The maximum absolute atomic E-state index is 13.5. The smallest absolute Gasteiger partial charge is 0.255 e. The summed E-state index contributed by atoms with van der Waals surface area (Å²) in [6, 6.07) is 11.8. The van der Waals surface area contributed by atoms with E-state index in [9.17, 15) is 14.7 Å². The Morgan fingerprint density at radius 2 is 1.95 bits per heavy atom. The Morgan fingerprint density at radius 3 is 2.63 bits per heavy atom. The number of aryl methyl sites for hydroxylation is 3. The fourth-order valence-corrected chi connectivity index (χ4v) is 5.23. The lowest BCUT2D eigenvalue weighted by molar-refractivity contribution is -0.126. The molecule has 11 heteroatoms. The molecule has 41 heavy (non-hydrogen) atoms. The van der Waals surface area contributed by atoms with Crippen LogP contribution in [-0.2, 0) is 18.4 Å². The summed E-state index contributed by atoms with van der Waals surface area (Å²) in [5, 5.41) is 20.8. The van der Waals surface area contributed by atoms with Crippen molar-refractivity contribution in [3.8, 4) is 11.3 Å².